The maximum absolute atomic E-state index is 12.4. The lowest BCUT2D eigenvalue weighted by molar-refractivity contribution is -0.139. The van der Waals surface area contributed by atoms with E-state index in [1.807, 2.05) is 35.8 Å². The first kappa shape index (κ1) is 17.2. The second-order valence-corrected chi connectivity index (χ2v) is 6.65. The summed E-state index contributed by atoms with van der Waals surface area (Å²) in [6, 6.07) is 0.0559. The first-order chi connectivity index (χ1) is 11.7. The number of imidazole rings is 1. The van der Waals surface area contributed by atoms with Crippen LogP contribution in [-0.2, 0) is 16.6 Å². The van der Waals surface area contributed by atoms with Crippen LogP contribution < -0.4 is 5.32 Å². The van der Waals surface area contributed by atoms with Gasteiger partial charge in [0.2, 0.25) is 5.91 Å². The molecular formula is C18H28N4O2. The molecule has 3 heterocycles. The number of nitrogens with one attached hydrogen (secondary N) is 1. The van der Waals surface area contributed by atoms with Gasteiger partial charge in [0.05, 0.1) is 19.3 Å². The van der Waals surface area contributed by atoms with Gasteiger partial charge in [-0.3, -0.25) is 4.79 Å². The van der Waals surface area contributed by atoms with Gasteiger partial charge in [0.15, 0.2) is 0 Å². The number of ether oxygens (including phenoxy) is 1. The van der Waals surface area contributed by atoms with Crippen molar-refractivity contribution in [3.05, 3.63) is 29.9 Å². The fourth-order valence-corrected chi connectivity index (χ4v) is 3.77. The maximum atomic E-state index is 12.4. The lowest BCUT2D eigenvalue weighted by Crippen LogP contribution is -2.46. The topological polar surface area (TPSA) is 59.4 Å². The van der Waals surface area contributed by atoms with Crippen molar-refractivity contribution in [1.82, 2.24) is 19.8 Å². The highest BCUT2D eigenvalue weighted by Crippen LogP contribution is 2.35. The second kappa shape index (κ2) is 7.94. The molecule has 0 radical (unpaired) electrons. The normalized spacial score (nSPS) is 25.0. The van der Waals surface area contributed by atoms with Crippen LogP contribution in [0.5, 0.6) is 0 Å². The van der Waals surface area contributed by atoms with Gasteiger partial charge in [-0.05, 0) is 31.3 Å². The monoisotopic (exact) mass is 332 g/mol. The minimum atomic E-state index is 0.0559. The fourth-order valence-electron chi connectivity index (χ4n) is 3.77. The molecule has 2 aliphatic rings. The van der Waals surface area contributed by atoms with Gasteiger partial charge in [0.25, 0.3) is 0 Å². The van der Waals surface area contributed by atoms with Crippen LogP contribution in [0.25, 0.3) is 0 Å². The van der Waals surface area contributed by atoms with Crippen molar-refractivity contribution < 1.29 is 9.53 Å². The molecule has 1 fully saturated rings. The first-order valence-corrected chi connectivity index (χ1v) is 8.93. The number of carbonyl (C=O) groups excluding carboxylic acids is 1. The number of piperidine rings is 1. The van der Waals surface area contributed by atoms with Gasteiger partial charge in [-0.2, -0.15) is 0 Å². The number of hydrogen-bond donors (Lipinski definition) is 1. The van der Waals surface area contributed by atoms with Crippen LogP contribution in [0.2, 0.25) is 0 Å². The summed E-state index contributed by atoms with van der Waals surface area (Å²) < 4.78 is 7.53. The largest absolute Gasteiger partial charge is 0.377 e. The molecule has 1 amide bonds. The summed E-state index contributed by atoms with van der Waals surface area (Å²) in [7, 11) is 2.00. The third kappa shape index (κ3) is 3.70. The number of rotatable bonds is 6. The predicted molar refractivity (Wildman–Crippen MR) is 92.4 cm³/mol. The van der Waals surface area contributed by atoms with E-state index in [9.17, 15) is 4.79 Å². The highest BCUT2D eigenvalue weighted by molar-refractivity contribution is 5.77. The predicted octanol–water partition coefficient (Wildman–Crippen LogP) is 1.66. The Morgan fingerprint density at radius 2 is 2.33 bits per heavy atom. The Kier molecular flexibility index (Phi) is 5.68. The number of likely N-dealkylation sites (tertiary alicyclic amines) is 1. The maximum Gasteiger partial charge on any atom is 0.223 e. The number of aromatic nitrogens is 2. The zero-order valence-electron chi connectivity index (χ0n) is 14.7. The van der Waals surface area contributed by atoms with Gasteiger partial charge in [0, 0.05) is 45.5 Å². The number of aryl methyl sites for hydroxylation is 1. The van der Waals surface area contributed by atoms with Crippen molar-refractivity contribution in [2.24, 2.45) is 13.0 Å². The third-order valence-corrected chi connectivity index (χ3v) is 5.04. The van der Waals surface area contributed by atoms with Crippen LogP contribution in [0.15, 0.2) is 24.0 Å². The van der Waals surface area contributed by atoms with Gasteiger partial charge in [-0.1, -0.05) is 6.08 Å². The highest BCUT2D eigenvalue weighted by Gasteiger charge is 2.37. The Morgan fingerprint density at radius 3 is 3.00 bits per heavy atom. The van der Waals surface area contributed by atoms with E-state index in [0.717, 1.165) is 51.5 Å². The van der Waals surface area contributed by atoms with Crippen LogP contribution in [0, 0.1) is 5.92 Å². The van der Waals surface area contributed by atoms with Crippen molar-refractivity contribution in [3.63, 3.8) is 0 Å². The summed E-state index contributed by atoms with van der Waals surface area (Å²) in [6.45, 7) is 6.10. The number of nitrogens with zero attached hydrogens (tertiary/aromatic N) is 3. The van der Waals surface area contributed by atoms with E-state index >= 15 is 0 Å². The van der Waals surface area contributed by atoms with Gasteiger partial charge < -0.3 is 19.5 Å². The van der Waals surface area contributed by atoms with Crippen LogP contribution in [-0.4, -0.2) is 53.2 Å². The quantitative estimate of drug-likeness (QED) is 0.805. The summed E-state index contributed by atoms with van der Waals surface area (Å²) in [5.41, 5.74) is 1.33. The van der Waals surface area contributed by atoms with Gasteiger partial charge >= 0.3 is 0 Å². The lowest BCUT2D eigenvalue weighted by atomic mass is 9.87. The minimum Gasteiger partial charge on any atom is -0.377 e. The Balaban J connectivity index is 1.68. The summed E-state index contributed by atoms with van der Waals surface area (Å²) >= 11 is 0. The number of hydrogen-bond acceptors (Lipinski definition) is 4. The van der Waals surface area contributed by atoms with E-state index < -0.39 is 0 Å². The molecular weight excluding hydrogens is 304 g/mol. The lowest BCUT2D eigenvalue weighted by Gasteiger charge is -2.40. The van der Waals surface area contributed by atoms with Gasteiger partial charge in [0.1, 0.15) is 5.82 Å². The molecule has 0 saturated carbocycles. The first-order valence-electron chi connectivity index (χ1n) is 8.93. The summed E-state index contributed by atoms with van der Waals surface area (Å²) in [6.07, 6.45) is 8.60. The molecule has 0 aliphatic carbocycles. The standard InChI is InChI=1S/C18H28N4O2/c1-3-22-16(23)7-6-15(17(22)18-20-8-9-21(18)2)12-19-11-14-5-4-10-24-13-14/h5,8-9,15,17,19H,3-4,6-7,10-13H2,1-2H3/t15-,17+/m1/s1. The second-order valence-electron chi connectivity index (χ2n) is 6.65. The molecule has 6 heteroatoms. The van der Waals surface area contributed by atoms with Crippen LogP contribution in [0.3, 0.4) is 0 Å². The molecule has 6 nitrogen and oxygen atoms in total. The molecule has 1 aromatic heterocycles. The summed E-state index contributed by atoms with van der Waals surface area (Å²) in [5, 5.41) is 3.57. The molecule has 132 valence electrons. The van der Waals surface area contributed by atoms with E-state index in [2.05, 4.69) is 16.4 Å². The van der Waals surface area contributed by atoms with Gasteiger partial charge in [-0.25, -0.2) is 4.98 Å². The molecule has 0 spiro atoms. The van der Waals surface area contributed by atoms with E-state index in [-0.39, 0.29) is 11.9 Å². The zero-order chi connectivity index (χ0) is 16.9. The Bertz CT molecular complexity index is 596. The van der Waals surface area contributed by atoms with E-state index in [0.29, 0.717) is 12.3 Å². The van der Waals surface area contributed by atoms with Crippen molar-refractivity contribution in [3.8, 4) is 0 Å². The molecule has 2 aliphatic heterocycles. The summed E-state index contributed by atoms with van der Waals surface area (Å²) in [4.78, 5) is 18.9. The molecule has 1 saturated heterocycles. The number of carbonyl (C=O) groups is 1. The minimum absolute atomic E-state index is 0.0559. The third-order valence-electron chi connectivity index (χ3n) is 5.04. The SMILES string of the molecule is CCN1C(=O)CC[C@H](CNCC2=CCCOC2)[C@H]1c1nccn1C. The Morgan fingerprint density at radius 1 is 1.46 bits per heavy atom. The zero-order valence-corrected chi connectivity index (χ0v) is 14.7. The highest BCUT2D eigenvalue weighted by atomic mass is 16.5. The smallest absolute Gasteiger partial charge is 0.223 e. The van der Waals surface area contributed by atoms with Crippen molar-refractivity contribution in [2.75, 3.05) is 32.8 Å². The molecule has 1 N–H and O–H groups in total. The molecule has 24 heavy (non-hydrogen) atoms. The molecule has 0 bridgehead atoms. The molecule has 0 aromatic carbocycles. The fraction of sp³-hybridized carbons (Fsp3) is 0.667. The van der Waals surface area contributed by atoms with E-state index in [1.165, 1.54) is 5.57 Å². The molecule has 1 aromatic rings. The van der Waals surface area contributed by atoms with E-state index in [4.69, 9.17) is 4.74 Å². The van der Waals surface area contributed by atoms with Crippen LogP contribution >= 0.6 is 0 Å². The van der Waals surface area contributed by atoms with Crippen LogP contribution in [0.4, 0.5) is 0 Å². The van der Waals surface area contributed by atoms with Crippen LogP contribution in [0.1, 0.15) is 38.1 Å². The van der Waals surface area contributed by atoms with Crippen molar-refractivity contribution >= 4 is 5.91 Å². The summed E-state index contributed by atoms with van der Waals surface area (Å²) in [5.74, 6) is 1.61. The van der Waals surface area contributed by atoms with Crippen molar-refractivity contribution in [2.45, 2.75) is 32.2 Å². The molecule has 0 unspecified atom stereocenters. The average Bonchev–Trinajstić information content (AvgIpc) is 3.02. The van der Waals surface area contributed by atoms with Gasteiger partial charge in [-0.15, -0.1) is 0 Å². The van der Waals surface area contributed by atoms with Crippen molar-refractivity contribution in [1.29, 1.82) is 0 Å². The molecule has 2 atom stereocenters. The number of amides is 1. The van der Waals surface area contributed by atoms with E-state index in [1.54, 1.807) is 0 Å². The molecule has 3 rings (SSSR count). The average molecular weight is 332 g/mol. The Hall–Kier alpha value is -1.66. The Labute approximate surface area is 143 Å².